The highest BCUT2D eigenvalue weighted by molar-refractivity contribution is 7.89. The number of nitrogens with zero attached hydrogens (tertiary/aromatic N) is 1. The number of halogens is 2. The molecule has 1 heterocycles. The van der Waals surface area contributed by atoms with Crippen LogP contribution < -0.4 is 5.32 Å². The van der Waals surface area contributed by atoms with E-state index >= 15 is 0 Å². The predicted molar refractivity (Wildman–Crippen MR) is 106 cm³/mol. The van der Waals surface area contributed by atoms with Crippen molar-refractivity contribution in [3.63, 3.8) is 0 Å². The van der Waals surface area contributed by atoms with Gasteiger partial charge in [0.15, 0.2) is 0 Å². The van der Waals surface area contributed by atoms with E-state index in [1.54, 1.807) is 24.3 Å². The van der Waals surface area contributed by atoms with E-state index in [1.165, 1.54) is 30.5 Å². The quantitative estimate of drug-likeness (QED) is 0.561. The lowest BCUT2D eigenvalue weighted by Crippen LogP contribution is -2.41. The highest BCUT2D eigenvalue weighted by Crippen LogP contribution is 2.21. The summed E-state index contributed by atoms with van der Waals surface area (Å²) in [4.78, 5) is 11.9. The highest BCUT2D eigenvalue weighted by Gasteiger charge is 2.29. The van der Waals surface area contributed by atoms with Gasteiger partial charge in [0.1, 0.15) is 22.3 Å². The van der Waals surface area contributed by atoms with Crippen molar-refractivity contribution in [2.75, 3.05) is 13.1 Å². The first-order valence-corrected chi connectivity index (χ1v) is 10.6. The molecule has 158 valence electrons. The lowest BCUT2D eigenvalue weighted by molar-refractivity contribution is -0.121. The topological polar surface area (TPSA) is 79.6 Å². The van der Waals surface area contributed by atoms with E-state index in [0.29, 0.717) is 12.2 Å². The van der Waals surface area contributed by atoms with Crippen LogP contribution in [0.2, 0.25) is 0 Å². The van der Waals surface area contributed by atoms with Crippen LogP contribution in [0.15, 0.2) is 76.2 Å². The first-order valence-electron chi connectivity index (χ1n) is 9.14. The number of carbonyl (C=O) groups is 1. The number of amides is 1. The molecule has 2 aromatic carbocycles. The van der Waals surface area contributed by atoms with Gasteiger partial charge < -0.3 is 9.73 Å². The Morgan fingerprint density at radius 3 is 2.40 bits per heavy atom. The molecule has 30 heavy (non-hydrogen) atoms. The predicted octanol–water partition coefficient (Wildman–Crippen LogP) is 3.11. The maximum atomic E-state index is 14.1. The van der Waals surface area contributed by atoms with Crippen LogP contribution in [0.5, 0.6) is 0 Å². The summed E-state index contributed by atoms with van der Waals surface area (Å²) >= 11 is 0. The third kappa shape index (κ3) is 5.52. The molecule has 0 bridgehead atoms. The SMILES string of the molecule is O=C(CN(Cc1ccco1)S(=O)(=O)c1ccccc1F)NCCc1ccc(F)cc1. The Labute approximate surface area is 173 Å². The van der Waals surface area contributed by atoms with Gasteiger partial charge in [-0.3, -0.25) is 4.79 Å². The summed E-state index contributed by atoms with van der Waals surface area (Å²) < 4.78 is 59.1. The van der Waals surface area contributed by atoms with Crippen LogP contribution in [0.25, 0.3) is 0 Å². The monoisotopic (exact) mass is 434 g/mol. The summed E-state index contributed by atoms with van der Waals surface area (Å²) in [6.45, 7) is -0.505. The minimum Gasteiger partial charge on any atom is -0.468 e. The summed E-state index contributed by atoms with van der Waals surface area (Å²) in [5, 5.41) is 2.63. The van der Waals surface area contributed by atoms with Gasteiger partial charge in [-0.05, 0) is 48.4 Å². The van der Waals surface area contributed by atoms with Gasteiger partial charge in [0.25, 0.3) is 0 Å². The standard InChI is InChI=1S/C21H20F2N2O4S/c22-17-9-7-16(8-10-17)11-12-24-21(26)15-25(14-18-4-3-13-29-18)30(27,28)20-6-2-1-5-19(20)23/h1-10,13H,11-12,14-15H2,(H,24,26). The normalized spacial score (nSPS) is 11.6. The number of rotatable bonds is 9. The van der Waals surface area contributed by atoms with E-state index < -0.39 is 33.2 Å². The average Bonchev–Trinajstić information content (AvgIpc) is 3.22. The van der Waals surface area contributed by atoms with Gasteiger partial charge in [-0.25, -0.2) is 17.2 Å². The van der Waals surface area contributed by atoms with Crippen molar-refractivity contribution in [3.05, 3.63) is 89.9 Å². The van der Waals surface area contributed by atoms with Crippen molar-refractivity contribution in [2.45, 2.75) is 17.9 Å². The minimum absolute atomic E-state index is 0.227. The van der Waals surface area contributed by atoms with Gasteiger partial charge in [0, 0.05) is 6.54 Å². The largest absolute Gasteiger partial charge is 0.468 e. The van der Waals surface area contributed by atoms with Gasteiger partial charge in [-0.1, -0.05) is 24.3 Å². The molecule has 3 rings (SSSR count). The van der Waals surface area contributed by atoms with Crippen LogP contribution in [0.1, 0.15) is 11.3 Å². The molecule has 1 amide bonds. The fourth-order valence-corrected chi connectivity index (χ4v) is 4.24. The molecule has 1 aromatic heterocycles. The fourth-order valence-electron chi connectivity index (χ4n) is 2.81. The van der Waals surface area contributed by atoms with Gasteiger partial charge in [0.05, 0.1) is 19.4 Å². The number of sulfonamides is 1. The van der Waals surface area contributed by atoms with Crippen LogP contribution in [-0.2, 0) is 27.8 Å². The summed E-state index contributed by atoms with van der Waals surface area (Å²) in [5.74, 6) is -1.49. The van der Waals surface area contributed by atoms with E-state index in [9.17, 15) is 22.0 Å². The van der Waals surface area contributed by atoms with Crippen LogP contribution in [0.4, 0.5) is 8.78 Å². The van der Waals surface area contributed by atoms with E-state index in [2.05, 4.69) is 5.32 Å². The number of furan rings is 1. The Balaban J connectivity index is 1.70. The molecule has 0 saturated carbocycles. The first-order chi connectivity index (χ1) is 14.4. The van der Waals surface area contributed by atoms with Crippen molar-refractivity contribution in [2.24, 2.45) is 0 Å². The molecule has 6 nitrogen and oxygen atoms in total. The zero-order valence-corrected chi connectivity index (χ0v) is 16.7. The molecule has 0 saturated heterocycles. The maximum Gasteiger partial charge on any atom is 0.246 e. The molecule has 1 N–H and O–H groups in total. The molecule has 0 radical (unpaired) electrons. The molecule has 3 aromatic rings. The fraction of sp³-hybridized carbons (Fsp3) is 0.190. The third-order valence-corrected chi connectivity index (χ3v) is 6.16. The van der Waals surface area contributed by atoms with Gasteiger partial charge >= 0.3 is 0 Å². The van der Waals surface area contributed by atoms with Crippen molar-refractivity contribution in [1.29, 1.82) is 0 Å². The Morgan fingerprint density at radius 2 is 1.73 bits per heavy atom. The molecule has 0 aliphatic rings. The highest BCUT2D eigenvalue weighted by atomic mass is 32.2. The van der Waals surface area contributed by atoms with E-state index in [1.807, 2.05) is 0 Å². The number of benzene rings is 2. The number of hydrogen-bond acceptors (Lipinski definition) is 4. The van der Waals surface area contributed by atoms with Crippen molar-refractivity contribution >= 4 is 15.9 Å². The second-order valence-corrected chi connectivity index (χ2v) is 8.42. The molecular weight excluding hydrogens is 414 g/mol. The molecule has 0 aliphatic heterocycles. The summed E-state index contributed by atoms with van der Waals surface area (Å²) in [5.41, 5.74) is 0.822. The Hall–Kier alpha value is -3.04. The zero-order chi connectivity index (χ0) is 21.6. The van der Waals surface area contributed by atoms with E-state index in [4.69, 9.17) is 4.42 Å². The lowest BCUT2D eigenvalue weighted by atomic mass is 10.1. The van der Waals surface area contributed by atoms with Crippen LogP contribution in [-0.4, -0.2) is 31.7 Å². The zero-order valence-electron chi connectivity index (χ0n) is 15.9. The van der Waals surface area contributed by atoms with Crippen molar-refractivity contribution in [3.8, 4) is 0 Å². The van der Waals surface area contributed by atoms with Crippen molar-refractivity contribution in [1.82, 2.24) is 9.62 Å². The molecule has 9 heteroatoms. The molecular formula is C21H20F2N2O4S. The number of carbonyl (C=O) groups excluding carboxylic acids is 1. The van der Waals surface area contributed by atoms with Crippen LogP contribution in [0.3, 0.4) is 0 Å². The van der Waals surface area contributed by atoms with Gasteiger partial charge in [-0.2, -0.15) is 4.31 Å². The minimum atomic E-state index is -4.29. The smallest absolute Gasteiger partial charge is 0.246 e. The molecule has 0 spiro atoms. The summed E-state index contributed by atoms with van der Waals surface area (Å²) in [7, 11) is -4.29. The Bertz CT molecular complexity index is 1080. The number of hydrogen-bond donors (Lipinski definition) is 1. The molecule has 0 unspecified atom stereocenters. The van der Waals surface area contributed by atoms with Gasteiger partial charge in [-0.15, -0.1) is 0 Å². The van der Waals surface area contributed by atoms with E-state index in [-0.39, 0.29) is 18.9 Å². The third-order valence-electron chi connectivity index (χ3n) is 4.34. The van der Waals surface area contributed by atoms with E-state index in [0.717, 1.165) is 22.0 Å². The lowest BCUT2D eigenvalue weighted by Gasteiger charge is -2.21. The van der Waals surface area contributed by atoms with Gasteiger partial charge in [0.2, 0.25) is 15.9 Å². The Morgan fingerprint density at radius 1 is 1.00 bits per heavy atom. The molecule has 0 atom stereocenters. The second kappa shape index (κ2) is 9.64. The molecule has 0 aliphatic carbocycles. The molecule has 0 fully saturated rings. The maximum absolute atomic E-state index is 14.1. The van der Waals surface area contributed by atoms with Crippen LogP contribution >= 0.6 is 0 Å². The summed E-state index contributed by atoms with van der Waals surface area (Å²) in [6, 6.07) is 14.0. The summed E-state index contributed by atoms with van der Waals surface area (Å²) in [6.07, 6.45) is 1.83. The average molecular weight is 434 g/mol. The first kappa shape index (κ1) is 21.7. The second-order valence-electron chi connectivity index (χ2n) is 6.51. The Kier molecular flexibility index (Phi) is 6.96. The number of nitrogens with one attached hydrogen (secondary N) is 1. The van der Waals surface area contributed by atoms with Crippen LogP contribution in [0, 0.1) is 11.6 Å². The van der Waals surface area contributed by atoms with Crippen molar-refractivity contribution < 1.29 is 26.4 Å².